The van der Waals surface area contributed by atoms with Crippen LogP contribution in [0.25, 0.3) is 0 Å². The smallest absolute Gasteiger partial charge is 0.0992 e. The molecule has 0 aliphatic carbocycles. The summed E-state index contributed by atoms with van der Waals surface area (Å²) in [6, 6.07) is 9.85. The fourth-order valence-corrected chi connectivity index (χ4v) is 1.90. The summed E-state index contributed by atoms with van der Waals surface area (Å²) in [4.78, 5) is 0. The molecule has 92 valence electrons. The van der Waals surface area contributed by atoms with Crippen LogP contribution in [0.5, 0.6) is 0 Å². The van der Waals surface area contributed by atoms with Crippen LogP contribution in [0, 0.1) is 17.2 Å². The van der Waals surface area contributed by atoms with Crippen LogP contribution in [-0.4, -0.2) is 6.54 Å². The van der Waals surface area contributed by atoms with E-state index in [1.165, 1.54) is 25.7 Å². The van der Waals surface area contributed by atoms with Crippen molar-refractivity contribution in [3.8, 4) is 6.07 Å². The fraction of sp³-hybridized carbons (Fsp3) is 0.533. The number of hydrogen-bond donors (Lipinski definition) is 1. The summed E-state index contributed by atoms with van der Waals surface area (Å²) in [5, 5.41) is 12.3. The molecule has 1 aromatic carbocycles. The Morgan fingerprint density at radius 3 is 2.82 bits per heavy atom. The van der Waals surface area contributed by atoms with Crippen molar-refractivity contribution < 1.29 is 0 Å². The molecule has 0 aromatic heterocycles. The Morgan fingerprint density at radius 2 is 2.18 bits per heavy atom. The van der Waals surface area contributed by atoms with Gasteiger partial charge < -0.3 is 5.32 Å². The molecule has 0 radical (unpaired) electrons. The van der Waals surface area contributed by atoms with Gasteiger partial charge in [-0.2, -0.15) is 5.26 Å². The van der Waals surface area contributed by atoms with Gasteiger partial charge in [-0.25, -0.2) is 0 Å². The summed E-state index contributed by atoms with van der Waals surface area (Å²) in [5.74, 6) is 0.737. The Labute approximate surface area is 105 Å². The zero-order chi connectivity index (χ0) is 12.5. The second-order valence-electron chi connectivity index (χ2n) is 4.49. The zero-order valence-corrected chi connectivity index (χ0v) is 10.9. The molecule has 0 saturated heterocycles. The molecule has 1 rings (SSSR count). The van der Waals surface area contributed by atoms with Gasteiger partial charge in [0.05, 0.1) is 11.6 Å². The molecule has 0 fully saturated rings. The van der Waals surface area contributed by atoms with Crippen molar-refractivity contribution in [2.75, 3.05) is 11.9 Å². The minimum atomic E-state index is 0.719. The molecule has 0 saturated carbocycles. The first-order chi connectivity index (χ1) is 8.30. The maximum Gasteiger partial charge on any atom is 0.0992 e. The molecule has 0 aliphatic heterocycles. The highest BCUT2D eigenvalue weighted by Gasteiger charge is 2.05. The highest BCUT2D eigenvalue weighted by molar-refractivity contribution is 5.49. The van der Waals surface area contributed by atoms with Crippen LogP contribution >= 0.6 is 0 Å². The highest BCUT2D eigenvalue weighted by Crippen LogP contribution is 2.15. The minimum Gasteiger partial charge on any atom is -0.385 e. The fourth-order valence-electron chi connectivity index (χ4n) is 1.90. The number of anilines is 1. The predicted molar refractivity (Wildman–Crippen MR) is 73.0 cm³/mol. The third-order valence-corrected chi connectivity index (χ3v) is 3.13. The lowest BCUT2D eigenvalue weighted by molar-refractivity contribution is 0.473. The van der Waals surface area contributed by atoms with E-state index in [-0.39, 0.29) is 0 Å². The number of rotatable bonds is 7. The van der Waals surface area contributed by atoms with E-state index in [0.717, 1.165) is 23.7 Å². The van der Waals surface area contributed by atoms with Gasteiger partial charge >= 0.3 is 0 Å². The quantitative estimate of drug-likeness (QED) is 0.762. The number of hydrogen-bond acceptors (Lipinski definition) is 2. The van der Waals surface area contributed by atoms with Crippen molar-refractivity contribution in [1.82, 2.24) is 0 Å². The van der Waals surface area contributed by atoms with Gasteiger partial charge in [-0.1, -0.05) is 39.2 Å². The largest absolute Gasteiger partial charge is 0.385 e. The van der Waals surface area contributed by atoms with Crippen LogP contribution in [0.3, 0.4) is 0 Å². The number of nitrogens with zero attached hydrogens (tertiary/aromatic N) is 1. The Balaban J connectivity index is 2.45. The molecule has 0 heterocycles. The van der Waals surface area contributed by atoms with E-state index in [1.807, 2.05) is 24.3 Å². The molecule has 1 atom stereocenters. The molecule has 0 bridgehead atoms. The summed E-state index contributed by atoms with van der Waals surface area (Å²) >= 11 is 0. The number of nitriles is 1. The molecule has 1 unspecified atom stereocenters. The zero-order valence-electron chi connectivity index (χ0n) is 10.9. The number of benzene rings is 1. The van der Waals surface area contributed by atoms with Gasteiger partial charge in [-0.05, 0) is 30.5 Å². The molecule has 2 heteroatoms. The van der Waals surface area contributed by atoms with Crippen LogP contribution in [0.1, 0.15) is 45.1 Å². The van der Waals surface area contributed by atoms with Gasteiger partial charge in [0, 0.05) is 12.2 Å². The van der Waals surface area contributed by atoms with Gasteiger partial charge in [0.15, 0.2) is 0 Å². The predicted octanol–water partition coefficient (Wildman–Crippen LogP) is 4.19. The summed E-state index contributed by atoms with van der Waals surface area (Å²) in [5.41, 5.74) is 1.77. The first-order valence-corrected chi connectivity index (χ1v) is 6.54. The molecule has 0 spiro atoms. The average Bonchev–Trinajstić information content (AvgIpc) is 2.39. The van der Waals surface area contributed by atoms with Crippen LogP contribution in [-0.2, 0) is 0 Å². The normalized spacial score (nSPS) is 11.8. The summed E-state index contributed by atoms with van der Waals surface area (Å²) in [6.07, 6.45) is 5.07. The van der Waals surface area contributed by atoms with Crippen LogP contribution in [0.4, 0.5) is 5.69 Å². The average molecular weight is 230 g/mol. The third-order valence-electron chi connectivity index (χ3n) is 3.13. The Morgan fingerprint density at radius 1 is 1.35 bits per heavy atom. The molecule has 17 heavy (non-hydrogen) atoms. The molecule has 2 nitrogen and oxygen atoms in total. The van der Waals surface area contributed by atoms with E-state index >= 15 is 0 Å². The third kappa shape index (κ3) is 4.91. The first kappa shape index (κ1) is 13.6. The Kier molecular flexibility index (Phi) is 6.17. The van der Waals surface area contributed by atoms with E-state index in [0.29, 0.717) is 0 Å². The van der Waals surface area contributed by atoms with Gasteiger partial charge in [0.1, 0.15) is 0 Å². The molecule has 0 amide bonds. The second-order valence-corrected chi connectivity index (χ2v) is 4.49. The van der Waals surface area contributed by atoms with Gasteiger partial charge in [0.25, 0.3) is 0 Å². The van der Waals surface area contributed by atoms with Crippen LogP contribution in [0.2, 0.25) is 0 Å². The Hall–Kier alpha value is -1.49. The van der Waals surface area contributed by atoms with Crippen molar-refractivity contribution in [3.63, 3.8) is 0 Å². The Bertz CT molecular complexity index is 365. The van der Waals surface area contributed by atoms with Crippen molar-refractivity contribution in [3.05, 3.63) is 29.8 Å². The minimum absolute atomic E-state index is 0.719. The lowest BCUT2D eigenvalue weighted by Crippen LogP contribution is -2.13. The lowest BCUT2D eigenvalue weighted by atomic mass is 9.99. The molecule has 1 N–H and O–H groups in total. The van der Waals surface area contributed by atoms with E-state index in [2.05, 4.69) is 25.2 Å². The van der Waals surface area contributed by atoms with Crippen molar-refractivity contribution >= 4 is 5.69 Å². The molecular formula is C15H22N2. The van der Waals surface area contributed by atoms with Crippen molar-refractivity contribution in [2.45, 2.75) is 39.5 Å². The lowest BCUT2D eigenvalue weighted by Gasteiger charge is -2.16. The van der Waals surface area contributed by atoms with E-state index in [4.69, 9.17) is 5.26 Å². The van der Waals surface area contributed by atoms with Gasteiger partial charge in [-0.15, -0.1) is 0 Å². The van der Waals surface area contributed by atoms with Gasteiger partial charge in [-0.3, -0.25) is 0 Å². The van der Waals surface area contributed by atoms with Crippen molar-refractivity contribution in [1.29, 1.82) is 5.26 Å². The molecule has 1 aromatic rings. The molecule has 0 aliphatic rings. The van der Waals surface area contributed by atoms with Gasteiger partial charge in [0.2, 0.25) is 0 Å². The monoisotopic (exact) mass is 230 g/mol. The highest BCUT2D eigenvalue weighted by atomic mass is 14.9. The summed E-state index contributed by atoms with van der Waals surface area (Å²) in [6.45, 7) is 5.48. The van der Waals surface area contributed by atoms with E-state index in [1.54, 1.807) is 0 Å². The first-order valence-electron chi connectivity index (χ1n) is 6.54. The maximum absolute atomic E-state index is 8.82. The van der Waals surface area contributed by atoms with Crippen LogP contribution < -0.4 is 5.32 Å². The maximum atomic E-state index is 8.82. The summed E-state index contributed by atoms with van der Waals surface area (Å²) < 4.78 is 0. The second kappa shape index (κ2) is 7.73. The molecular weight excluding hydrogens is 208 g/mol. The van der Waals surface area contributed by atoms with E-state index in [9.17, 15) is 0 Å². The number of unbranched alkanes of at least 4 members (excludes halogenated alkanes) is 1. The van der Waals surface area contributed by atoms with Crippen molar-refractivity contribution in [2.24, 2.45) is 5.92 Å². The number of nitrogens with one attached hydrogen (secondary N) is 1. The standard InChI is InChI=1S/C15H22N2/c1-3-5-7-13(4-2)12-17-15-9-6-8-14(10-15)11-16/h6,8-10,13,17H,3-5,7,12H2,1-2H3. The van der Waals surface area contributed by atoms with E-state index < -0.39 is 0 Å². The van der Waals surface area contributed by atoms with Crippen LogP contribution in [0.15, 0.2) is 24.3 Å². The summed E-state index contributed by atoms with van der Waals surface area (Å²) in [7, 11) is 0. The SMILES string of the molecule is CCCCC(CC)CNc1cccc(C#N)c1. The topological polar surface area (TPSA) is 35.8 Å².